The molecule has 3 unspecified atom stereocenters. The monoisotopic (exact) mass is 646 g/mol. The molecule has 1 aliphatic heterocycles. The number of hydrogen-bond acceptors (Lipinski definition) is 6. The highest BCUT2D eigenvalue weighted by Gasteiger charge is 2.39. The van der Waals surface area contributed by atoms with Crippen LogP contribution in [0.1, 0.15) is 29.0 Å². The Hall–Kier alpha value is -4.30. The molecule has 0 spiro atoms. The van der Waals surface area contributed by atoms with Crippen molar-refractivity contribution < 1.29 is 24.1 Å². The van der Waals surface area contributed by atoms with E-state index in [2.05, 4.69) is 66.7 Å². The lowest BCUT2D eigenvalue weighted by Crippen LogP contribution is -2.55. The quantitative estimate of drug-likeness (QED) is 0.0916. The molecule has 0 radical (unpaired) electrons. The standard InChI is InChI=1S/C40H41NO5S/c42-40(43)41-25-35(29-47-37-14-5-2-6-15-37)39(38(26-41)46-28-31-16-17-32-12-7-8-13-34(32)24-31)33-18-20-36(21-19-33)45-23-9-22-44-27-30-10-3-1-4-11-30/h1-8,10-21,24,35,38-39H,9,22-23,25-29H2,(H,42,43)/p-1. The summed E-state index contributed by atoms with van der Waals surface area (Å²) in [6.45, 7) is 2.82. The Kier molecular flexibility index (Phi) is 11.5. The van der Waals surface area contributed by atoms with Gasteiger partial charge in [-0.3, -0.25) is 0 Å². The minimum absolute atomic E-state index is 0.0114. The summed E-state index contributed by atoms with van der Waals surface area (Å²) >= 11 is 1.74. The molecule has 5 aromatic carbocycles. The number of carbonyl (C=O) groups is 1. The van der Waals surface area contributed by atoms with Gasteiger partial charge < -0.3 is 29.0 Å². The summed E-state index contributed by atoms with van der Waals surface area (Å²) < 4.78 is 18.5. The molecule has 6 rings (SSSR count). The molecule has 1 saturated heterocycles. The van der Waals surface area contributed by atoms with Crippen LogP contribution in [-0.2, 0) is 22.7 Å². The van der Waals surface area contributed by atoms with Crippen LogP contribution in [0, 0.1) is 5.92 Å². The minimum atomic E-state index is -1.16. The summed E-state index contributed by atoms with van der Waals surface area (Å²) in [7, 11) is 0. The lowest BCUT2D eigenvalue weighted by molar-refractivity contribution is -0.269. The van der Waals surface area contributed by atoms with Crippen LogP contribution < -0.4 is 9.84 Å². The molecule has 242 valence electrons. The zero-order chi connectivity index (χ0) is 32.3. The van der Waals surface area contributed by atoms with E-state index in [1.165, 1.54) is 10.3 Å². The van der Waals surface area contributed by atoms with Gasteiger partial charge in [0.2, 0.25) is 0 Å². The van der Waals surface area contributed by atoms with Crippen LogP contribution in [0.3, 0.4) is 0 Å². The first kappa shape index (κ1) is 32.6. The van der Waals surface area contributed by atoms with E-state index >= 15 is 0 Å². The number of nitrogens with zero attached hydrogens (tertiary/aromatic N) is 1. The normalized spacial score (nSPS) is 17.9. The third-order valence-corrected chi connectivity index (χ3v) is 9.79. The first-order valence-electron chi connectivity index (χ1n) is 16.2. The topological polar surface area (TPSA) is 71.1 Å². The zero-order valence-corrected chi connectivity index (χ0v) is 27.2. The summed E-state index contributed by atoms with van der Waals surface area (Å²) in [5.74, 6) is 1.55. The lowest BCUT2D eigenvalue weighted by Gasteiger charge is -2.45. The number of hydrogen-bond donors (Lipinski definition) is 0. The fraction of sp³-hybridized carbons (Fsp3) is 0.275. The predicted molar refractivity (Wildman–Crippen MR) is 186 cm³/mol. The van der Waals surface area contributed by atoms with Gasteiger partial charge in [0, 0.05) is 36.1 Å². The first-order chi connectivity index (χ1) is 23.1. The number of likely N-dealkylation sites (tertiary alicyclic amines) is 1. The van der Waals surface area contributed by atoms with E-state index in [9.17, 15) is 9.90 Å². The van der Waals surface area contributed by atoms with Crippen LogP contribution in [0.15, 0.2) is 132 Å². The molecule has 0 N–H and O–H groups in total. The van der Waals surface area contributed by atoms with Gasteiger partial charge in [-0.1, -0.05) is 97.1 Å². The Balaban J connectivity index is 1.14. The summed E-state index contributed by atoms with van der Waals surface area (Å²) in [5.41, 5.74) is 3.33. The van der Waals surface area contributed by atoms with Crippen LogP contribution in [0.25, 0.3) is 10.8 Å². The van der Waals surface area contributed by atoms with Crippen LogP contribution in [0.2, 0.25) is 0 Å². The van der Waals surface area contributed by atoms with Crippen LogP contribution >= 0.6 is 11.8 Å². The lowest BCUT2D eigenvalue weighted by atomic mass is 9.79. The van der Waals surface area contributed by atoms with E-state index in [4.69, 9.17) is 14.2 Å². The van der Waals surface area contributed by atoms with Gasteiger partial charge in [-0.25, -0.2) is 0 Å². The first-order valence-corrected chi connectivity index (χ1v) is 17.2. The second-order valence-electron chi connectivity index (χ2n) is 11.9. The highest BCUT2D eigenvalue weighted by molar-refractivity contribution is 7.99. The van der Waals surface area contributed by atoms with Gasteiger partial charge in [-0.2, -0.15) is 0 Å². The van der Waals surface area contributed by atoms with Crippen molar-refractivity contribution in [1.82, 2.24) is 4.90 Å². The van der Waals surface area contributed by atoms with Crippen molar-refractivity contribution in [1.29, 1.82) is 0 Å². The molecule has 1 fully saturated rings. The molecule has 1 aliphatic rings. The number of carboxylic acid groups (broad SMARTS) is 1. The van der Waals surface area contributed by atoms with E-state index in [0.29, 0.717) is 33.0 Å². The van der Waals surface area contributed by atoms with E-state index in [1.54, 1.807) is 11.8 Å². The Bertz CT molecular complexity index is 1700. The number of rotatable bonds is 14. The molecule has 1 heterocycles. The Morgan fingerprint density at radius 3 is 2.23 bits per heavy atom. The molecule has 47 heavy (non-hydrogen) atoms. The fourth-order valence-electron chi connectivity index (χ4n) is 6.21. The van der Waals surface area contributed by atoms with Crippen molar-refractivity contribution in [3.63, 3.8) is 0 Å². The minimum Gasteiger partial charge on any atom is -0.530 e. The molecule has 0 bridgehead atoms. The van der Waals surface area contributed by atoms with E-state index in [1.807, 2.05) is 60.7 Å². The molecule has 6 nitrogen and oxygen atoms in total. The smallest absolute Gasteiger partial charge is 0.137 e. The number of fused-ring (bicyclic) bond motifs is 1. The maximum Gasteiger partial charge on any atom is 0.137 e. The molecule has 0 aliphatic carbocycles. The van der Waals surface area contributed by atoms with Crippen LogP contribution in [-0.4, -0.2) is 49.2 Å². The van der Waals surface area contributed by atoms with Crippen molar-refractivity contribution in [2.45, 2.75) is 36.6 Å². The number of benzene rings is 5. The molecular formula is C40H40NO5S-. The van der Waals surface area contributed by atoms with Crippen molar-refractivity contribution in [3.8, 4) is 5.75 Å². The van der Waals surface area contributed by atoms with Gasteiger partial charge in [0.05, 0.1) is 32.5 Å². The van der Waals surface area contributed by atoms with Crippen molar-refractivity contribution in [3.05, 3.63) is 144 Å². The second-order valence-corrected chi connectivity index (χ2v) is 13.0. The fourth-order valence-corrected chi connectivity index (χ4v) is 7.28. The average Bonchev–Trinajstić information content (AvgIpc) is 3.12. The Morgan fingerprint density at radius 2 is 1.47 bits per heavy atom. The van der Waals surface area contributed by atoms with Crippen molar-refractivity contribution in [2.75, 3.05) is 32.1 Å². The highest BCUT2D eigenvalue weighted by atomic mass is 32.2. The summed E-state index contributed by atoms with van der Waals surface area (Å²) in [4.78, 5) is 14.8. The van der Waals surface area contributed by atoms with E-state index in [-0.39, 0.29) is 24.5 Å². The number of carbonyl (C=O) groups excluding carboxylic acids is 1. The summed E-state index contributed by atoms with van der Waals surface area (Å²) in [6.07, 6.45) is -0.711. The zero-order valence-electron chi connectivity index (χ0n) is 26.4. The molecule has 7 heteroatoms. The third-order valence-electron chi connectivity index (χ3n) is 8.59. The SMILES string of the molecule is O=C([O-])N1CC(CSc2ccccc2)C(c2ccc(OCCCOCc3ccccc3)cc2)C(OCc2ccc3ccccc3c2)C1. The molecule has 5 aromatic rings. The van der Waals surface area contributed by atoms with Crippen LogP contribution in [0.4, 0.5) is 4.79 Å². The number of ether oxygens (including phenoxy) is 3. The van der Waals surface area contributed by atoms with E-state index < -0.39 is 6.09 Å². The maximum atomic E-state index is 12.2. The van der Waals surface area contributed by atoms with Gasteiger partial charge in [0.25, 0.3) is 0 Å². The number of amides is 1. The Labute approximate surface area is 281 Å². The largest absolute Gasteiger partial charge is 0.530 e. The number of piperidine rings is 1. The second kappa shape index (κ2) is 16.5. The van der Waals surface area contributed by atoms with Gasteiger partial charge in [-0.05, 0) is 63.7 Å². The third kappa shape index (κ3) is 9.16. The van der Waals surface area contributed by atoms with Crippen LogP contribution in [0.5, 0.6) is 5.75 Å². The molecule has 1 amide bonds. The van der Waals surface area contributed by atoms with E-state index in [0.717, 1.165) is 44.9 Å². The average molecular weight is 647 g/mol. The summed E-state index contributed by atoms with van der Waals surface area (Å²) in [6, 6.07) is 43.2. The van der Waals surface area contributed by atoms with Gasteiger partial charge in [-0.15, -0.1) is 11.8 Å². The molecule has 3 atom stereocenters. The predicted octanol–water partition coefficient (Wildman–Crippen LogP) is 7.56. The van der Waals surface area contributed by atoms with Crippen molar-refractivity contribution >= 4 is 28.6 Å². The van der Waals surface area contributed by atoms with Crippen molar-refractivity contribution in [2.24, 2.45) is 5.92 Å². The Morgan fingerprint density at radius 1 is 0.745 bits per heavy atom. The van der Waals surface area contributed by atoms with Gasteiger partial charge in [0.1, 0.15) is 11.8 Å². The molecular weight excluding hydrogens is 607 g/mol. The number of thioether (sulfide) groups is 1. The molecule has 0 aromatic heterocycles. The maximum absolute atomic E-state index is 12.2. The van der Waals surface area contributed by atoms with Gasteiger partial charge >= 0.3 is 0 Å². The highest BCUT2D eigenvalue weighted by Crippen LogP contribution is 2.39. The summed E-state index contributed by atoms with van der Waals surface area (Å²) in [5, 5.41) is 14.5. The molecule has 0 saturated carbocycles. The van der Waals surface area contributed by atoms with Gasteiger partial charge in [0.15, 0.2) is 0 Å².